The fourth-order valence-electron chi connectivity index (χ4n) is 2.77. The number of hydrogen-bond donors (Lipinski definition) is 2. The molecule has 2 rings (SSSR count). The zero-order valence-corrected chi connectivity index (χ0v) is 13.5. The highest BCUT2D eigenvalue weighted by Gasteiger charge is 2.21. The van der Waals surface area contributed by atoms with Crippen LogP contribution in [0.2, 0.25) is 0 Å². The molecule has 0 bridgehead atoms. The number of rotatable bonds is 5. The van der Waals surface area contributed by atoms with Crippen LogP contribution in [-0.2, 0) is 10.0 Å². The molecule has 0 saturated carbocycles. The number of likely N-dealkylation sites (tertiary alicyclic amines) is 1. The van der Waals surface area contributed by atoms with Crippen LogP contribution in [0.15, 0.2) is 10.4 Å². The average Bonchev–Trinajstić information content (AvgIpc) is 2.76. The molecular weight excluding hydrogens is 296 g/mol. The molecule has 6 nitrogen and oxygen atoms in total. The van der Waals surface area contributed by atoms with Crippen molar-refractivity contribution in [1.82, 2.24) is 9.88 Å². The van der Waals surface area contributed by atoms with Gasteiger partial charge in [-0.3, -0.25) is 0 Å². The largest absolute Gasteiger partial charge is 0.360 e. The molecule has 0 unspecified atom stereocenters. The maximum Gasteiger partial charge on any atom is 0.249 e. The van der Waals surface area contributed by atoms with E-state index in [1.165, 1.54) is 12.6 Å². The molecule has 1 aromatic heterocycles. The van der Waals surface area contributed by atoms with E-state index in [0.717, 1.165) is 49.4 Å². The normalized spacial score (nSPS) is 24.8. The Morgan fingerprint density at radius 2 is 2.10 bits per heavy atom. The SMILES string of the molecule is C[C@@H]1C[C@@H](C)CN(CCNc2ncc(S(N)(=O)=O)s2)C1. The highest BCUT2D eigenvalue weighted by atomic mass is 32.2. The van der Waals surface area contributed by atoms with Crippen molar-refractivity contribution in [2.45, 2.75) is 24.5 Å². The second kappa shape index (κ2) is 6.38. The monoisotopic (exact) mass is 318 g/mol. The van der Waals surface area contributed by atoms with E-state index in [-0.39, 0.29) is 4.21 Å². The Morgan fingerprint density at radius 1 is 1.45 bits per heavy atom. The fraction of sp³-hybridized carbons (Fsp3) is 0.750. The predicted octanol–water partition coefficient (Wildman–Crippen LogP) is 1.18. The van der Waals surface area contributed by atoms with E-state index >= 15 is 0 Å². The predicted molar refractivity (Wildman–Crippen MR) is 81.4 cm³/mol. The van der Waals surface area contributed by atoms with Crippen LogP contribution < -0.4 is 10.5 Å². The minimum Gasteiger partial charge on any atom is -0.360 e. The number of nitrogens with two attached hydrogens (primary N) is 1. The average molecular weight is 318 g/mol. The Bertz CT molecular complexity index is 533. The van der Waals surface area contributed by atoms with Gasteiger partial charge < -0.3 is 10.2 Å². The van der Waals surface area contributed by atoms with Gasteiger partial charge in [-0.2, -0.15) is 0 Å². The summed E-state index contributed by atoms with van der Waals surface area (Å²) >= 11 is 1.07. The Balaban J connectivity index is 1.80. The number of nitrogens with zero attached hydrogens (tertiary/aromatic N) is 2. The molecule has 0 radical (unpaired) electrons. The zero-order chi connectivity index (χ0) is 14.8. The molecule has 1 aromatic rings. The minimum atomic E-state index is -3.64. The molecule has 2 heterocycles. The maximum absolute atomic E-state index is 11.2. The number of nitrogens with one attached hydrogen (secondary N) is 1. The van der Waals surface area contributed by atoms with Crippen LogP contribution in [0.4, 0.5) is 5.13 Å². The van der Waals surface area contributed by atoms with Crippen molar-refractivity contribution in [1.29, 1.82) is 0 Å². The zero-order valence-electron chi connectivity index (χ0n) is 11.9. The Kier molecular flexibility index (Phi) is 5.00. The van der Waals surface area contributed by atoms with Gasteiger partial charge in [-0.05, 0) is 18.3 Å². The van der Waals surface area contributed by atoms with Gasteiger partial charge in [0, 0.05) is 26.2 Å². The van der Waals surface area contributed by atoms with E-state index in [1.807, 2.05) is 0 Å². The standard InChI is InChI=1S/C12H22N4O2S2/c1-9-5-10(2)8-16(7-9)4-3-14-12-15-6-11(19-12)20(13,17)18/h6,9-10H,3-5,7-8H2,1-2H3,(H,14,15)(H2,13,17,18)/t9-,10-/m1/s1. The Morgan fingerprint density at radius 3 is 2.65 bits per heavy atom. The number of anilines is 1. The molecule has 1 aliphatic rings. The van der Waals surface area contributed by atoms with Gasteiger partial charge in [-0.15, -0.1) is 0 Å². The van der Waals surface area contributed by atoms with Gasteiger partial charge >= 0.3 is 0 Å². The van der Waals surface area contributed by atoms with Gasteiger partial charge in [0.05, 0.1) is 6.20 Å². The highest BCUT2D eigenvalue weighted by Crippen LogP contribution is 2.22. The minimum absolute atomic E-state index is 0.0974. The lowest BCUT2D eigenvalue weighted by atomic mass is 9.92. The van der Waals surface area contributed by atoms with Crippen molar-refractivity contribution >= 4 is 26.5 Å². The van der Waals surface area contributed by atoms with Gasteiger partial charge in [-0.1, -0.05) is 25.2 Å². The first kappa shape index (κ1) is 15.7. The maximum atomic E-state index is 11.2. The molecule has 1 saturated heterocycles. The molecule has 20 heavy (non-hydrogen) atoms. The van der Waals surface area contributed by atoms with Crippen LogP contribution in [0.3, 0.4) is 0 Å². The summed E-state index contributed by atoms with van der Waals surface area (Å²) in [5.74, 6) is 1.49. The summed E-state index contributed by atoms with van der Waals surface area (Å²) in [5.41, 5.74) is 0. The third-order valence-electron chi connectivity index (χ3n) is 3.41. The van der Waals surface area contributed by atoms with Crippen LogP contribution in [0.5, 0.6) is 0 Å². The third kappa shape index (κ3) is 4.41. The summed E-state index contributed by atoms with van der Waals surface area (Å²) in [5, 5.41) is 8.82. The van der Waals surface area contributed by atoms with Crippen molar-refractivity contribution in [3.05, 3.63) is 6.20 Å². The summed E-state index contributed by atoms with van der Waals surface area (Å²) in [6, 6.07) is 0. The van der Waals surface area contributed by atoms with E-state index in [1.54, 1.807) is 0 Å². The van der Waals surface area contributed by atoms with E-state index in [9.17, 15) is 8.42 Å². The van der Waals surface area contributed by atoms with E-state index in [4.69, 9.17) is 5.14 Å². The molecule has 1 aliphatic heterocycles. The number of piperidine rings is 1. The first-order chi connectivity index (χ1) is 9.34. The third-order valence-corrected chi connectivity index (χ3v) is 5.78. The number of hydrogen-bond acceptors (Lipinski definition) is 6. The molecule has 1 fully saturated rings. The van der Waals surface area contributed by atoms with Crippen molar-refractivity contribution < 1.29 is 8.42 Å². The van der Waals surface area contributed by atoms with Gasteiger partial charge in [0.2, 0.25) is 10.0 Å². The van der Waals surface area contributed by atoms with Crippen LogP contribution in [0.25, 0.3) is 0 Å². The van der Waals surface area contributed by atoms with Gasteiger partial charge in [0.25, 0.3) is 0 Å². The highest BCUT2D eigenvalue weighted by molar-refractivity contribution is 7.91. The Hall–Kier alpha value is -0.700. The lowest BCUT2D eigenvalue weighted by Gasteiger charge is -2.34. The van der Waals surface area contributed by atoms with Crippen molar-refractivity contribution in [3.8, 4) is 0 Å². The van der Waals surface area contributed by atoms with Gasteiger partial charge in [0.15, 0.2) is 9.34 Å². The van der Waals surface area contributed by atoms with Crippen LogP contribution >= 0.6 is 11.3 Å². The van der Waals surface area contributed by atoms with Crippen LogP contribution in [0.1, 0.15) is 20.3 Å². The van der Waals surface area contributed by atoms with Gasteiger partial charge in [-0.25, -0.2) is 18.5 Å². The second-order valence-corrected chi connectivity index (χ2v) is 8.48. The molecule has 114 valence electrons. The lowest BCUT2D eigenvalue weighted by Crippen LogP contribution is -2.41. The number of sulfonamides is 1. The van der Waals surface area contributed by atoms with Crippen molar-refractivity contribution in [3.63, 3.8) is 0 Å². The molecular formula is C12H22N4O2S2. The summed E-state index contributed by atoms with van der Waals surface area (Å²) in [4.78, 5) is 6.47. The fourth-order valence-corrected chi connectivity index (χ4v) is 4.24. The molecule has 0 aromatic carbocycles. The quantitative estimate of drug-likeness (QED) is 0.851. The first-order valence-electron chi connectivity index (χ1n) is 6.79. The van der Waals surface area contributed by atoms with Gasteiger partial charge in [0.1, 0.15) is 0 Å². The number of aromatic nitrogens is 1. The molecule has 0 amide bonds. The van der Waals surface area contributed by atoms with Crippen LogP contribution in [-0.4, -0.2) is 44.5 Å². The topological polar surface area (TPSA) is 88.3 Å². The van der Waals surface area contributed by atoms with Crippen molar-refractivity contribution in [2.24, 2.45) is 17.0 Å². The lowest BCUT2D eigenvalue weighted by molar-refractivity contribution is 0.146. The molecule has 0 aliphatic carbocycles. The molecule has 8 heteroatoms. The van der Waals surface area contributed by atoms with Crippen LogP contribution in [0, 0.1) is 11.8 Å². The van der Waals surface area contributed by atoms with E-state index in [2.05, 4.69) is 29.0 Å². The summed E-state index contributed by atoms with van der Waals surface area (Å²) in [6.45, 7) is 8.54. The smallest absolute Gasteiger partial charge is 0.249 e. The number of thiazole rings is 1. The summed E-state index contributed by atoms with van der Waals surface area (Å²) in [7, 11) is -3.64. The Labute approximate surface area is 124 Å². The van der Waals surface area contributed by atoms with E-state index in [0.29, 0.717) is 5.13 Å². The summed E-state index contributed by atoms with van der Waals surface area (Å²) in [6.07, 6.45) is 2.60. The molecule has 2 atom stereocenters. The van der Waals surface area contributed by atoms with E-state index < -0.39 is 10.0 Å². The first-order valence-corrected chi connectivity index (χ1v) is 9.15. The molecule has 3 N–H and O–H groups in total. The molecule has 0 spiro atoms. The second-order valence-electron chi connectivity index (χ2n) is 5.66. The summed E-state index contributed by atoms with van der Waals surface area (Å²) < 4.78 is 22.4. The van der Waals surface area contributed by atoms with Crippen molar-refractivity contribution in [2.75, 3.05) is 31.5 Å². The number of primary sulfonamides is 1.